The Hall–Kier alpha value is -2.40. The summed E-state index contributed by atoms with van der Waals surface area (Å²) in [5.41, 5.74) is 1.82. The minimum atomic E-state index is -0.181. The molecule has 0 aliphatic rings. The maximum absolute atomic E-state index is 13.5. The Labute approximate surface area is 148 Å². The molecule has 0 radical (unpaired) electrons. The van der Waals surface area contributed by atoms with E-state index in [-0.39, 0.29) is 11.7 Å². The second-order valence-electron chi connectivity index (χ2n) is 5.79. The molecule has 0 aliphatic heterocycles. The number of ether oxygens (including phenoxy) is 1. The third-order valence-electron chi connectivity index (χ3n) is 3.93. The van der Waals surface area contributed by atoms with Crippen LogP contribution in [-0.4, -0.2) is 32.7 Å². The van der Waals surface area contributed by atoms with Crippen molar-refractivity contribution in [1.82, 2.24) is 10.6 Å². The van der Waals surface area contributed by atoms with Gasteiger partial charge in [-0.2, -0.15) is 0 Å². The van der Waals surface area contributed by atoms with Gasteiger partial charge in [-0.1, -0.05) is 30.3 Å². The van der Waals surface area contributed by atoms with Gasteiger partial charge in [0, 0.05) is 19.5 Å². The van der Waals surface area contributed by atoms with E-state index in [9.17, 15) is 9.18 Å². The van der Waals surface area contributed by atoms with E-state index in [1.54, 1.807) is 19.2 Å². The van der Waals surface area contributed by atoms with E-state index in [4.69, 9.17) is 4.74 Å². The number of hydrogen-bond donors (Lipinski definition) is 2. The number of rotatable bonds is 10. The van der Waals surface area contributed by atoms with Crippen LogP contribution in [0.3, 0.4) is 0 Å². The second-order valence-corrected chi connectivity index (χ2v) is 5.79. The van der Waals surface area contributed by atoms with E-state index in [0.29, 0.717) is 38.0 Å². The molecule has 0 spiro atoms. The minimum Gasteiger partial charge on any atom is -0.497 e. The van der Waals surface area contributed by atoms with Crippen LogP contribution in [0.1, 0.15) is 17.5 Å². The van der Waals surface area contributed by atoms with E-state index in [2.05, 4.69) is 10.6 Å². The molecule has 0 saturated heterocycles. The Morgan fingerprint density at radius 3 is 2.68 bits per heavy atom. The number of benzene rings is 2. The molecule has 1 amide bonds. The van der Waals surface area contributed by atoms with Crippen LogP contribution in [0.5, 0.6) is 5.75 Å². The molecule has 0 bridgehead atoms. The van der Waals surface area contributed by atoms with Gasteiger partial charge in [-0.3, -0.25) is 4.79 Å². The van der Waals surface area contributed by atoms with Crippen LogP contribution in [0.4, 0.5) is 4.39 Å². The highest BCUT2D eigenvalue weighted by Gasteiger charge is 2.03. The van der Waals surface area contributed by atoms with Crippen molar-refractivity contribution >= 4 is 5.91 Å². The lowest BCUT2D eigenvalue weighted by Crippen LogP contribution is -2.29. The molecule has 5 heteroatoms. The zero-order valence-corrected chi connectivity index (χ0v) is 14.6. The predicted octanol–water partition coefficient (Wildman–Crippen LogP) is 2.72. The molecular weight excluding hydrogens is 319 g/mol. The topological polar surface area (TPSA) is 50.4 Å². The van der Waals surface area contributed by atoms with Crippen molar-refractivity contribution in [3.63, 3.8) is 0 Å². The van der Waals surface area contributed by atoms with Gasteiger partial charge in [0.05, 0.1) is 7.11 Å². The van der Waals surface area contributed by atoms with Gasteiger partial charge in [-0.25, -0.2) is 4.39 Å². The number of carbonyl (C=O) groups excluding carboxylic acids is 1. The molecular formula is C20H25FN2O2. The van der Waals surface area contributed by atoms with Crippen molar-refractivity contribution in [1.29, 1.82) is 0 Å². The maximum Gasteiger partial charge on any atom is 0.221 e. The number of nitrogens with one attached hydrogen (secondary N) is 2. The summed E-state index contributed by atoms with van der Waals surface area (Å²) in [6.07, 6.45) is 1.79. The standard InChI is InChI=1S/C20H25FN2O2/c1-25-18-7-4-5-16(15-18)9-14-23-20(24)11-13-22-12-10-17-6-2-3-8-19(17)21/h2-8,15,22H,9-14H2,1H3,(H,23,24). The summed E-state index contributed by atoms with van der Waals surface area (Å²) in [6.45, 7) is 1.83. The van der Waals surface area contributed by atoms with Crippen LogP contribution in [0, 0.1) is 5.82 Å². The predicted molar refractivity (Wildman–Crippen MR) is 97.3 cm³/mol. The summed E-state index contributed by atoms with van der Waals surface area (Å²) >= 11 is 0. The SMILES string of the molecule is COc1cccc(CCNC(=O)CCNCCc2ccccc2F)c1. The zero-order valence-electron chi connectivity index (χ0n) is 14.6. The van der Waals surface area contributed by atoms with Gasteiger partial charge >= 0.3 is 0 Å². The lowest BCUT2D eigenvalue weighted by atomic mass is 10.1. The van der Waals surface area contributed by atoms with E-state index in [0.717, 1.165) is 17.7 Å². The number of methoxy groups -OCH3 is 1. The van der Waals surface area contributed by atoms with E-state index in [1.807, 2.05) is 30.3 Å². The molecule has 0 unspecified atom stereocenters. The normalized spacial score (nSPS) is 10.5. The number of halogens is 1. The van der Waals surface area contributed by atoms with Crippen molar-refractivity contribution in [3.05, 3.63) is 65.5 Å². The second kappa shape index (κ2) is 10.5. The van der Waals surface area contributed by atoms with Gasteiger partial charge < -0.3 is 15.4 Å². The first-order valence-electron chi connectivity index (χ1n) is 8.53. The Balaban J connectivity index is 1.56. The van der Waals surface area contributed by atoms with Crippen LogP contribution in [0.25, 0.3) is 0 Å². The molecule has 0 fully saturated rings. The van der Waals surface area contributed by atoms with E-state index >= 15 is 0 Å². The highest BCUT2D eigenvalue weighted by atomic mass is 19.1. The van der Waals surface area contributed by atoms with Crippen LogP contribution in [-0.2, 0) is 17.6 Å². The van der Waals surface area contributed by atoms with Crippen molar-refractivity contribution in [2.45, 2.75) is 19.3 Å². The molecule has 0 aliphatic carbocycles. The van der Waals surface area contributed by atoms with Crippen LogP contribution in [0.2, 0.25) is 0 Å². The molecule has 0 saturated carbocycles. The first-order valence-corrected chi connectivity index (χ1v) is 8.53. The molecule has 2 aromatic carbocycles. The molecule has 4 nitrogen and oxygen atoms in total. The Kier molecular flexibility index (Phi) is 7.92. The smallest absolute Gasteiger partial charge is 0.221 e. The molecule has 2 rings (SSSR count). The monoisotopic (exact) mass is 344 g/mol. The summed E-state index contributed by atoms with van der Waals surface area (Å²) in [7, 11) is 1.64. The van der Waals surface area contributed by atoms with Gasteiger partial charge in [0.25, 0.3) is 0 Å². The maximum atomic E-state index is 13.5. The van der Waals surface area contributed by atoms with Gasteiger partial charge in [-0.05, 0) is 48.7 Å². The highest BCUT2D eigenvalue weighted by Crippen LogP contribution is 2.12. The third-order valence-corrected chi connectivity index (χ3v) is 3.93. The molecule has 25 heavy (non-hydrogen) atoms. The van der Waals surface area contributed by atoms with Crippen molar-refractivity contribution < 1.29 is 13.9 Å². The summed E-state index contributed by atoms with van der Waals surface area (Å²) in [5.74, 6) is 0.656. The first kappa shape index (κ1) is 18.9. The summed E-state index contributed by atoms with van der Waals surface area (Å²) < 4.78 is 18.6. The highest BCUT2D eigenvalue weighted by molar-refractivity contribution is 5.76. The molecule has 0 atom stereocenters. The van der Waals surface area contributed by atoms with E-state index in [1.165, 1.54) is 6.07 Å². The average molecular weight is 344 g/mol. The fourth-order valence-electron chi connectivity index (χ4n) is 2.51. The van der Waals surface area contributed by atoms with Crippen LogP contribution >= 0.6 is 0 Å². The van der Waals surface area contributed by atoms with Crippen LogP contribution < -0.4 is 15.4 Å². The third kappa shape index (κ3) is 6.93. The molecule has 0 heterocycles. The average Bonchev–Trinajstić information content (AvgIpc) is 2.63. The molecule has 2 N–H and O–H groups in total. The number of hydrogen-bond acceptors (Lipinski definition) is 3. The fourth-order valence-corrected chi connectivity index (χ4v) is 2.51. The summed E-state index contributed by atoms with van der Waals surface area (Å²) in [6, 6.07) is 14.6. The molecule has 2 aromatic rings. The van der Waals surface area contributed by atoms with Crippen molar-refractivity contribution in [3.8, 4) is 5.75 Å². The van der Waals surface area contributed by atoms with Crippen molar-refractivity contribution in [2.75, 3.05) is 26.7 Å². The van der Waals surface area contributed by atoms with Crippen molar-refractivity contribution in [2.24, 2.45) is 0 Å². The van der Waals surface area contributed by atoms with Crippen LogP contribution in [0.15, 0.2) is 48.5 Å². The lowest BCUT2D eigenvalue weighted by Gasteiger charge is -2.08. The van der Waals surface area contributed by atoms with Gasteiger partial charge in [-0.15, -0.1) is 0 Å². The van der Waals surface area contributed by atoms with Gasteiger partial charge in [0.15, 0.2) is 0 Å². The van der Waals surface area contributed by atoms with E-state index < -0.39 is 0 Å². The Morgan fingerprint density at radius 1 is 1.04 bits per heavy atom. The Morgan fingerprint density at radius 2 is 1.88 bits per heavy atom. The minimum absolute atomic E-state index is 0.0151. The molecule has 0 aromatic heterocycles. The summed E-state index contributed by atoms with van der Waals surface area (Å²) in [4.78, 5) is 11.8. The van der Waals surface area contributed by atoms with Gasteiger partial charge in [0.2, 0.25) is 5.91 Å². The molecule has 134 valence electrons. The van der Waals surface area contributed by atoms with Gasteiger partial charge in [0.1, 0.15) is 11.6 Å². The first-order chi connectivity index (χ1) is 12.2. The number of amides is 1. The number of carbonyl (C=O) groups is 1. The quantitative estimate of drug-likeness (QED) is 0.652. The Bertz CT molecular complexity index is 676. The fraction of sp³-hybridized carbons (Fsp3) is 0.350. The lowest BCUT2D eigenvalue weighted by molar-refractivity contribution is -0.120. The largest absolute Gasteiger partial charge is 0.497 e. The summed E-state index contributed by atoms with van der Waals surface area (Å²) in [5, 5.41) is 6.08. The zero-order chi connectivity index (χ0) is 17.9.